The zero-order chi connectivity index (χ0) is 19.8. The number of rotatable bonds is 8. The van der Waals surface area contributed by atoms with Crippen molar-refractivity contribution in [3.8, 4) is 0 Å². The van der Waals surface area contributed by atoms with Gasteiger partial charge < -0.3 is 10.2 Å². The molecular weight excluding hydrogens is 390 g/mol. The fourth-order valence-corrected chi connectivity index (χ4v) is 4.29. The molecule has 3 rings (SSSR count). The molecule has 4 nitrogen and oxygen atoms in total. The monoisotopic (exact) mass is 417 g/mol. The number of carbonyl (C=O) groups excluding carboxylic acids is 1. The van der Waals surface area contributed by atoms with Crippen molar-refractivity contribution in [2.24, 2.45) is 0 Å². The fraction of sp³-hybridized carbons (Fsp3) is 0.409. The van der Waals surface area contributed by atoms with Gasteiger partial charge >= 0.3 is 0 Å². The number of nitrogens with one attached hydrogen (secondary N) is 1. The molecule has 1 unspecified atom stereocenters. The summed E-state index contributed by atoms with van der Waals surface area (Å²) in [6.45, 7) is 7.00. The Balaban J connectivity index is 1.32. The molecule has 1 atom stereocenters. The lowest BCUT2D eigenvalue weighted by Crippen LogP contribution is -2.52. The lowest BCUT2D eigenvalue weighted by molar-refractivity contribution is -0.118. The number of hydrogen-bond acceptors (Lipinski definition) is 4. The lowest BCUT2D eigenvalue weighted by atomic mass is 10.2. The van der Waals surface area contributed by atoms with E-state index in [4.69, 9.17) is 11.6 Å². The number of halogens is 1. The quantitative estimate of drug-likeness (QED) is 0.706. The average molecular weight is 418 g/mol. The van der Waals surface area contributed by atoms with Gasteiger partial charge in [0.1, 0.15) is 0 Å². The second kappa shape index (κ2) is 10.7. The third-order valence-electron chi connectivity index (χ3n) is 5.07. The first kappa shape index (κ1) is 21.0. The van der Waals surface area contributed by atoms with E-state index in [1.165, 1.54) is 11.3 Å². The van der Waals surface area contributed by atoms with Gasteiger partial charge in [-0.25, -0.2) is 0 Å². The van der Waals surface area contributed by atoms with Crippen molar-refractivity contribution in [3.05, 3.63) is 65.2 Å². The molecule has 0 aromatic heterocycles. The standard InChI is InChI=1S/C22H28ClN3OS/c1-18(25-11-13-26(14-12-25)21-5-3-2-4-6-21)15-24-22(27)17-28-16-19-7-9-20(23)10-8-19/h2-10,18H,11-17H2,1H3,(H,24,27). The van der Waals surface area contributed by atoms with Crippen LogP contribution in [-0.4, -0.2) is 55.3 Å². The van der Waals surface area contributed by atoms with Gasteiger partial charge in [-0.3, -0.25) is 9.69 Å². The number of hydrogen-bond donors (Lipinski definition) is 1. The summed E-state index contributed by atoms with van der Waals surface area (Å²) in [5.41, 5.74) is 2.48. The number of amides is 1. The summed E-state index contributed by atoms with van der Waals surface area (Å²) < 4.78 is 0. The molecule has 1 saturated heterocycles. The maximum absolute atomic E-state index is 12.1. The summed E-state index contributed by atoms with van der Waals surface area (Å²) in [5, 5.41) is 3.82. The van der Waals surface area contributed by atoms with E-state index >= 15 is 0 Å². The van der Waals surface area contributed by atoms with Gasteiger partial charge in [-0.2, -0.15) is 0 Å². The number of nitrogens with zero attached hydrogens (tertiary/aromatic N) is 2. The Morgan fingerprint density at radius 2 is 1.75 bits per heavy atom. The highest BCUT2D eigenvalue weighted by Crippen LogP contribution is 2.17. The van der Waals surface area contributed by atoms with Crippen LogP contribution in [0.3, 0.4) is 0 Å². The molecule has 1 amide bonds. The second-order valence-corrected chi connectivity index (χ2v) is 8.55. The van der Waals surface area contributed by atoms with E-state index in [1.807, 2.05) is 24.3 Å². The highest BCUT2D eigenvalue weighted by atomic mass is 35.5. The Bertz CT molecular complexity index is 733. The molecule has 0 radical (unpaired) electrons. The van der Waals surface area contributed by atoms with Crippen LogP contribution in [0.4, 0.5) is 5.69 Å². The van der Waals surface area contributed by atoms with Crippen LogP contribution < -0.4 is 10.2 Å². The number of benzene rings is 2. The molecule has 2 aromatic rings. The van der Waals surface area contributed by atoms with E-state index in [1.54, 1.807) is 11.8 Å². The fourth-order valence-electron chi connectivity index (χ4n) is 3.34. The zero-order valence-electron chi connectivity index (χ0n) is 16.3. The Morgan fingerprint density at radius 1 is 1.07 bits per heavy atom. The summed E-state index contributed by atoms with van der Waals surface area (Å²) >= 11 is 7.52. The van der Waals surface area contributed by atoms with E-state index in [-0.39, 0.29) is 5.91 Å². The van der Waals surface area contributed by atoms with Crippen LogP contribution in [0.5, 0.6) is 0 Å². The van der Waals surface area contributed by atoms with E-state index in [2.05, 4.69) is 52.4 Å². The molecule has 6 heteroatoms. The molecule has 0 saturated carbocycles. The van der Waals surface area contributed by atoms with Crippen molar-refractivity contribution in [2.45, 2.75) is 18.7 Å². The Hall–Kier alpha value is -1.69. The summed E-state index contributed by atoms with van der Waals surface area (Å²) in [6, 6.07) is 18.7. The molecule has 1 N–H and O–H groups in total. The van der Waals surface area contributed by atoms with Crippen LogP contribution in [0, 0.1) is 0 Å². The van der Waals surface area contributed by atoms with Crippen molar-refractivity contribution in [1.29, 1.82) is 0 Å². The van der Waals surface area contributed by atoms with Crippen molar-refractivity contribution in [3.63, 3.8) is 0 Å². The molecule has 0 aliphatic carbocycles. The highest BCUT2D eigenvalue weighted by Gasteiger charge is 2.21. The van der Waals surface area contributed by atoms with Crippen LogP contribution in [-0.2, 0) is 10.5 Å². The zero-order valence-corrected chi connectivity index (χ0v) is 17.9. The third kappa shape index (κ3) is 6.43. The molecule has 2 aromatic carbocycles. The van der Waals surface area contributed by atoms with Gasteiger partial charge in [-0.05, 0) is 36.8 Å². The molecule has 0 spiro atoms. The Labute approximate surface area is 177 Å². The SMILES string of the molecule is CC(CNC(=O)CSCc1ccc(Cl)cc1)N1CCN(c2ccccc2)CC1. The Morgan fingerprint density at radius 3 is 2.43 bits per heavy atom. The predicted octanol–water partition coefficient (Wildman–Crippen LogP) is 3.90. The smallest absolute Gasteiger partial charge is 0.230 e. The number of piperazine rings is 1. The predicted molar refractivity (Wildman–Crippen MR) is 120 cm³/mol. The number of carbonyl (C=O) groups is 1. The third-order valence-corrected chi connectivity index (χ3v) is 6.32. The Kier molecular flexibility index (Phi) is 8.07. The van der Waals surface area contributed by atoms with Crippen LogP contribution in [0.25, 0.3) is 0 Å². The van der Waals surface area contributed by atoms with E-state index < -0.39 is 0 Å². The van der Waals surface area contributed by atoms with Gasteiger partial charge in [0.25, 0.3) is 0 Å². The molecule has 150 valence electrons. The van der Waals surface area contributed by atoms with Crippen LogP contribution in [0.2, 0.25) is 5.02 Å². The molecule has 28 heavy (non-hydrogen) atoms. The largest absolute Gasteiger partial charge is 0.369 e. The van der Waals surface area contributed by atoms with Gasteiger partial charge in [0.15, 0.2) is 0 Å². The number of thioether (sulfide) groups is 1. The van der Waals surface area contributed by atoms with Crippen molar-refractivity contribution >= 4 is 35.0 Å². The molecule has 1 heterocycles. The van der Waals surface area contributed by atoms with Gasteiger partial charge in [0, 0.05) is 55.2 Å². The molecule has 1 fully saturated rings. The summed E-state index contributed by atoms with van der Waals surface area (Å²) in [7, 11) is 0. The van der Waals surface area contributed by atoms with E-state index in [9.17, 15) is 4.79 Å². The van der Waals surface area contributed by atoms with E-state index in [0.717, 1.165) is 37.0 Å². The van der Waals surface area contributed by atoms with Gasteiger partial charge in [-0.15, -0.1) is 11.8 Å². The normalized spacial score (nSPS) is 16.0. The average Bonchev–Trinajstić information content (AvgIpc) is 2.74. The number of para-hydroxylation sites is 1. The topological polar surface area (TPSA) is 35.6 Å². The molecule has 1 aliphatic heterocycles. The van der Waals surface area contributed by atoms with Crippen LogP contribution in [0.15, 0.2) is 54.6 Å². The second-order valence-electron chi connectivity index (χ2n) is 7.13. The maximum Gasteiger partial charge on any atom is 0.230 e. The summed E-state index contributed by atoms with van der Waals surface area (Å²) in [4.78, 5) is 17.0. The van der Waals surface area contributed by atoms with Gasteiger partial charge in [0.2, 0.25) is 5.91 Å². The maximum atomic E-state index is 12.1. The summed E-state index contributed by atoms with van der Waals surface area (Å²) in [6.07, 6.45) is 0. The van der Waals surface area contributed by atoms with Crippen molar-refractivity contribution < 1.29 is 4.79 Å². The van der Waals surface area contributed by atoms with Gasteiger partial charge in [-0.1, -0.05) is 41.9 Å². The first-order valence-electron chi connectivity index (χ1n) is 9.75. The van der Waals surface area contributed by atoms with Gasteiger partial charge in [0.05, 0.1) is 5.75 Å². The van der Waals surface area contributed by atoms with Crippen LogP contribution >= 0.6 is 23.4 Å². The first-order chi connectivity index (χ1) is 13.6. The van der Waals surface area contributed by atoms with Crippen molar-refractivity contribution in [1.82, 2.24) is 10.2 Å². The van der Waals surface area contributed by atoms with Crippen LogP contribution in [0.1, 0.15) is 12.5 Å². The molecule has 1 aliphatic rings. The molecular formula is C22H28ClN3OS. The minimum absolute atomic E-state index is 0.105. The first-order valence-corrected chi connectivity index (χ1v) is 11.3. The molecule has 0 bridgehead atoms. The lowest BCUT2D eigenvalue weighted by Gasteiger charge is -2.39. The minimum Gasteiger partial charge on any atom is -0.369 e. The number of anilines is 1. The summed E-state index contributed by atoms with van der Waals surface area (Å²) in [5.74, 6) is 1.41. The minimum atomic E-state index is 0.105. The van der Waals surface area contributed by atoms with Crippen molar-refractivity contribution in [2.75, 3.05) is 43.4 Å². The van der Waals surface area contributed by atoms with E-state index in [0.29, 0.717) is 18.3 Å². The highest BCUT2D eigenvalue weighted by molar-refractivity contribution is 7.99.